The van der Waals surface area contributed by atoms with Crippen molar-refractivity contribution in [1.29, 1.82) is 0 Å². The molecule has 0 spiro atoms. The molecule has 1 heterocycles. The van der Waals surface area contributed by atoms with Crippen LogP contribution in [0.4, 0.5) is 0 Å². The molecule has 2 N–H and O–H groups in total. The largest absolute Gasteiger partial charge is 0.492 e. The summed E-state index contributed by atoms with van der Waals surface area (Å²) in [6.07, 6.45) is 0. The fourth-order valence-corrected chi connectivity index (χ4v) is 2.03. The number of aromatic nitrogens is 1. The number of aromatic hydroxyl groups is 2. The Balaban J connectivity index is 2.28. The van der Waals surface area contributed by atoms with Gasteiger partial charge >= 0.3 is 5.97 Å². The Morgan fingerprint density at radius 3 is 2.39 bits per heavy atom. The van der Waals surface area contributed by atoms with Gasteiger partial charge in [-0.15, -0.1) is 4.73 Å². The second kappa shape index (κ2) is 4.91. The quantitative estimate of drug-likeness (QED) is 0.886. The Labute approximate surface area is 115 Å². The average molecular weight is 333 g/mol. The molecule has 2 rings (SSSR count). The molecular formula is C11H7BrClNO4. The molecule has 2 aromatic rings. The van der Waals surface area contributed by atoms with Gasteiger partial charge in [0.1, 0.15) is 0 Å². The molecular weight excluding hydrogens is 325 g/mol. The first-order valence-corrected chi connectivity index (χ1v) is 5.93. The van der Waals surface area contributed by atoms with Gasteiger partial charge in [0.25, 0.3) is 0 Å². The maximum Gasteiger partial charge on any atom is 0.365 e. The fraction of sp³-hybridized carbons (Fsp3) is 0. The number of halogens is 2. The second-order valence-corrected chi connectivity index (χ2v) is 4.67. The van der Waals surface area contributed by atoms with Crippen LogP contribution in [0.15, 0.2) is 34.8 Å². The zero-order chi connectivity index (χ0) is 13.3. The SMILES string of the molecule is O=C(On1c(O)ccc1O)c1ccc(Br)cc1Cl. The zero-order valence-corrected chi connectivity index (χ0v) is 11.1. The lowest BCUT2D eigenvalue weighted by Crippen LogP contribution is -2.19. The van der Waals surface area contributed by atoms with Crippen LogP contribution in [-0.2, 0) is 0 Å². The third-order valence-corrected chi connectivity index (χ3v) is 2.93. The van der Waals surface area contributed by atoms with Crippen LogP contribution in [0.3, 0.4) is 0 Å². The third kappa shape index (κ3) is 2.44. The highest BCUT2D eigenvalue weighted by Gasteiger charge is 2.16. The Kier molecular flexibility index (Phi) is 3.49. The van der Waals surface area contributed by atoms with E-state index in [1.54, 1.807) is 6.07 Å². The highest BCUT2D eigenvalue weighted by atomic mass is 79.9. The van der Waals surface area contributed by atoms with E-state index in [4.69, 9.17) is 16.4 Å². The van der Waals surface area contributed by atoms with E-state index in [0.29, 0.717) is 4.73 Å². The molecule has 0 radical (unpaired) electrons. The summed E-state index contributed by atoms with van der Waals surface area (Å²) in [4.78, 5) is 16.6. The van der Waals surface area contributed by atoms with E-state index < -0.39 is 17.7 Å². The van der Waals surface area contributed by atoms with Crippen molar-refractivity contribution in [3.05, 3.63) is 45.4 Å². The molecule has 0 aliphatic rings. The van der Waals surface area contributed by atoms with E-state index in [1.165, 1.54) is 24.3 Å². The monoisotopic (exact) mass is 331 g/mol. The van der Waals surface area contributed by atoms with Crippen molar-refractivity contribution in [2.24, 2.45) is 0 Å². The Bertz CT molecular complexity index is 592. The highest BCUT2D eigenvalue weighted by Crippen LogP contribution is 2.23. The van der Waals surface area contributed by atoms with E-state index in [0.717, 1.165) is 4.47 Å². The number of carbonyl (C=O) groups excluding carboxylic acids is 1. The Morgan fingerprint density at radius 2 is 1.83 bits per heavy atom. The Morgan fingerprint density at radius 1 is 1.22 bits per heavy atom. The van der Waals surface area contributed by atoms with E-state index in [2.05, 4.69) is 15.9 Å². The van der Waals surface area contributed by atoms with Crippen LogP contribution in [0.1, 0.15) is 10.4 Å². The van der Waals surface area contributed by atoms with Crippen molar-refractivity contribution >= 4 is 33.5 Å². The maximum absolute atomic E-state index is 11.8. The van der Waals surface area contributed by atoms with Crippen molar-refractivity contribution in [1.82, 2.24) is 4.73 Å². The molecule has 0 aliphatic carbocycles. The normalized spacial score (nSPS) is 10.3. The minimum Gasteiger partial charge on any atom is -0.492 e. The molecule has 0 atom stereocenters. The van der Waals surface area contributed by atoms with Crippen LogP contribution in [0, 0.1) is 0 Å². The van der Waals surface area contributed by atoms with E-state index in [-0.39, 0.29) is 10.6 Å². The predicted molar refractivity (Wildman–Crippen MR) is 67.8 cm³/mol. The molecule has 5 nitrogen and oxygen atoms in total. The van der Waals surface area contributed by atoms with Crippen LogP contribution in [0.25, 0.3) is 0 Å². The van der Waals surface area contributed by atoms with Crippen molar-refractivity contribution in [3.63, 3.8) is 0 Å². The third-order valence-electron chi connectivity index (χ3n) is 2.12. The molecule has 0 bridgehead atoms. The fourth-order valence-electron chi connectivity index (χ4n) is 1.28. The minimum atomic E-state index is -0.797. The first-order chi connectivity index (χ1) is 8.49. The molecule has 18 heavy (non-hydrogen) atoms. The highest BCUT2D eigenvalue weighted by molar-refractivity contribution is 9.10. The van der Waals surface area contributed by atoms with Crippen LogP contribution < -0.4 is 4.84 Å². The van der Waals surface area contributed by atoms with E-state index in [9.17, 15) is 15.0 Å². The molecule has 0 amide bonds. The van der Waals surface area contributed by atoms with Gasteiger partial charge in [0.15, 0.2) is 0 Å². The van der Waals surface area contributed by atoms with Gasteiger partial charge in [-0.3, -0.25) is 0 Å². The van der Waals surface area contributed by atoms with E-state index >= 15 is 0 Å². The number of hydrogen-bond acceptors (Lipinski definition) is 4. The topological polar surface area (TPSA) is 71.7 Å². The summed E-state index contributed by atoms with van der Waals surface area (Å²) in [6, 6.07) is 7.00. The van der Waals surface area contributed by atoms with Crippen molar-refractivity contribution in [2.75, 3.05) is 0 Å². The van der Waals surface area contributed by atoms with Gasteiger partial charge < -0.3 is 15.1 Å². The van der Waals surface area contributed by atoms with Crippen molar-refractivity contribution < 1.29 is 19.8 Å². The van der Waals surface area contributed by atoms with Gasteiger partial charge in [-0.1, -0.05) is 27.5 Å². The van der Waals surface area contributed by atoms with Crippen LogP contribution in [-0.4, -0.2) is 20.9 Å². The molecule has 0 saturated heterocycles. The standard InChI is InChI=1S/C11H7BrClNO4/c12-6-1-2-7(8(13)5-6)11(17)18-14-9(15)3-4-10(14)16/h1-5,15-16H. The predicted octanol–water partition coefficient (Wildman–Crippen LogP) is 2.58. The number of nitrogens with zero attached hydrogens (tertiary/aromatic N) is 1. The molecule has 0 saturated carbocycles. The molecule has 0 unspecified atom stereocenters. The lowest BCUT2D eigenvalue weighted by molar-refractivity contribution is 0.0382. The van der Waals surface area contributed by atoms with Crippen molar-refractivity contribution in [2.45, 2.75) is 0 Å². The number of benzene rings is 1. The lowest BCUT2D eigenvalue weighted by Gasteiger charge is -2.08. The molecule has 94 valence electrons. The molecule has 0 fully saturated rings. The first kappa shape index (κ1) is 12.8. The van der Waals surface area contributed by atoms with Crippen molar-refractivity contribution in [3.8, 4) is 11.8 Å². The van der Waals surface area contributed by atoms with E-state index in [1.807, 2.05) is 0 Å². The van der Waals surface area contributed by atoms with Gasteiger partial charge in [0.05, 0.1) is 10.6 Å². The summed E-state index contributed by atoms with van der Waals surface area (Å²) in [6.45, 7) is 0. The number of rotatable bonds is 2. The summed E-state index contributed by atoms with van der Waals surface area (Å²) in [5, 5.41) is 18.8. The van der Waals surface area contributed by atoms with Crippen LogP contribution >= 0.6 is 27.5 Å². The second-order valence-electron chi connectivity index (χ2n) is 3.35. The summed E-state index contributed by atoms with van der Waals surface area (Å²) < 4.78 is 1.32. The molecule has 1 aromatic heterocycles. The lowest BCUT2D eigenvalue weighted by atomic mass is 10.2. The first-order valence-electron chi connectivity index (χ1n) is 4.76. The molecule has 1 aromatic carbocycles. The number of hydrogen-bond donors (Lipinski definition) is 2. The molecule has 7 heteroatoms. The molecule has 0 aliphatic heterocycles. The van der Waals surface area contributed by atoms with Crippen LogP contribution in [0.5, 0.6) is 11.8 Å². The van der Waals surface area contributed by atoms with Gasteiger partial charge in [0.2, 0.25) is 11.8 Å². The average Bonchev–Trinajstić information content (AvgIpc) is 2.60. The summed E-state index contributed by atoms with van der Waals surface area (Å²) in [7, 11) is 0. The zero-order valence-electron chi connectivity index (χ0n) is 8.80. The summed E-state index contributed by atoms with van der Waals surface area (Å²) in [5.74, 6) is -1.59. The van der Waals surface area contributed by atoms with Gasteiger partial charge in [-0.25, -0.2) is 4.79 Å². The smallest absolute Gasteiger partial charge is 0.365 e. The number of carbonyl (C=O) groups is 1. The Hall–Kier alpha value is -1.66. The summed E-state index contributed by atoms with van der Waals surface area (Å²) in [5.41, 5.74) is 0.118. The van der Waals surface area contributed by atoms with Gasteiger partial charge in [-0.2, -0.15) is 0 Å². The van der Waals surface area contributed by atoms with Gasteiger partial charge in [0, 0.05) is 16.6 Å². The maximum atomic E-state index is 11.8. The van der Waals surface area contributed by atoms with Crippen LogP contribution in [0.2, 0.25) is 5.02 Å². The minimum absolute atomic E-state index is 0.118. The summed E-state index contributed by atoms with van der Waals surface area (Å²) >= 11 is 9.09. The van der Waals surface area contributed by atoms with Gasteiger partial charge in [-0.05, 0) is 18.2 Å².